The Morgan fingerprint density at radius 3 is 2.27 bits per heavy atom. The van der Waals surface area contributed by atoms with E-state index in [0.717, 1.165) is 33.3 Å². The summed E-state index contributed by atoms with van der Waals surface area (Å²) in [4.78, 5) is 27.3. The van der Waals surface area contributed by atoms with Crippen molar-refractivity contribution < 1.29 is 24.2 Å². The van der Waals surface area contributed by atoms with Crippen molar-refractivity contribution in [3.8, 4) is 11.5 Å². The van der Waals surface area contributed by atoms with Crippen LogP contribution in [0, 0.1) is 0 Å². The van der Waals surface area contributed by atoms with E-state index in [4.69, 9.17) is 9.47 Å². The van der Waals surface area contributed by atoms with Crippen LogP contribution in [0.4, 0.5) is 5.69 Å². The van der Waals surface area contributed by atoms with Crippen molar-refractivity contribution in [2.75, 3.05) is 19.1 Å². The average Bonchev–Trinajstić information content (AvgIpc) is 3.28. The van der Waals surface area contributed by atoms with Gasteiger partial charge in [0.25, 0.3) is 5.91 Å². The number of aryl methyl sites for hydroxylation is 1. The fraction of sp³-hybridized carbons (Fsp3) is 0.154. The molecule has 0 spiro atoms. The smallest absolute Gasteiger partial charge is 0.301 e. The number of benzene rings is 3. The van der Waals surface area contributed by atoms with E-state index >= 15 is 0 Å². The summed E-state index contributed by atoms with van der Waals surface area (Å²) in [6.45, 7) is 2.86. The largest absolute Gasteiger partial charge is 0.502 e. The Labute approximate surface area is 190 Å². The number of ether oxygens (including phenoxy) is 2. The molecule has 7 nitrogen and oxygen atoms in total. The molecule has 0 saturated heterocycles. The number of methoxy groups -OCH3 is 2. The van der Waals surface area contributed by atoms with Gasteiger partial charge in [0.1, 0.15) is 0 Å². The lowest BCUT2D eigenvalue weighted by molar-refractivity contribution is -0.121. The molecule has 1 N–H and O–H groups in total. The van der Waals surface area contributed by atoms with Crippen molar-refractivity contribution in [2.24, 2.45) is 0 Å². The van der Waals surface area contributed by atoms with Crippen molar-refractivity contribution in [1.29, 1.82) is 0 Å². The fourth-order valence-corrected chi connectivity index (χ4v) is 4.53. The highest BCUT2D eigenvalue weighted by molar-refractivity contribution is 6.45. The van der Waals surface area contributed by atoms with Crippen LogP contribution < -0.4 is 14.4 Å². The first-order valence-corrected chi connectivity index (χ1v) is 10.6. The number of amides is 2. The minimum Gasteiger partial charge on any atom is -0.502 e. The number of hydrogen-bond donors (Lipinski definition) is 1. The predicted molar refractivity (Wildman–Crippen MR) is 127 cm³/mol. The van der Waals surface area contributed by atoms with E-state index in [1.165, 1.54) is 14.2 Å². The van der Waals surface area contributed by atoms with E-state index in [1.807, 2.05) is 36.4 Å². The maximum absolute atomic E-state index is 13.4. The summed E-state index contributed by atoms with van der Waals surface area (Å²) in [6, 6.07) is 18.3. The molecule has 166 valence electrons. The van der Waals surface area contributed by atoms with Gasteiger partial charge in [0.05, 0.1) is 25.5 Å². The van der Waals surface area contributed by atoms with Crippen molar-refractivity contribution >= 4 is 44.9 Å². The van der Waals surface area contributed by atoms with Crippen molar-refractivity contribution in [2.45, 2.75) is 13.5 Å². The van der Waals surface area contributed by atoms with Gasteiger partial charge in [0.2, 0.25) is 0 Å². The molecule has 0 aliphatic carbocycles. The number of anilines is 1. The van der Waals surface area contributed by atoms with Crippen molar-refractivity contribution in [3.05, 3.63) is 72.0 Å². The highest BCUT2D eigenvalue weighted by Gasteiger charge is 2.40. The van der Waals surface area contributed by atoms with Crippen LogP contribution >= 0.6 is 0 Å². The monoisotopic (exact) mass is 442 g/mol. The number of para-hydroxylation sites is 1. The molecule has 3 aromatic carbocycles. The molecule has 1 aliphatic rings. The van der Waals surface area contributed by atoms with Gasteiger partial charge in [-0.25, -0.2) is 4.90 Å². The van der Waals surface area contributed by atoms with Crippen LogP contribution in [-0.4, -0.2) is 35.7 Å². The third-order valence-electron chi connectivity index (χ3n) is 6.06. The van der Waals surface area contributed by atoms with E-state index in [0.29, 0.717) is 22.7 Å². The molecule has 2 amide bonds. The van der Waals surface area contributed by atoms with Crippen LogP contribution in [0.1, 0.15) is 12.5 Å². The summed E-state index contributed by atoms with van der Waals surface area (Å²) in [5.74, 6) is -1.08. The number of carbonyl (C=O) groups excluding carboxylic acids is 2. The maximum Gasteiger partial charge on any atom is 0.301 e. The van der Waals surface area contributed by atoms with Gasteiger partial charge < -0.3 is 19.1 Å². The number of rotatable bonds is 5. The molecule has 0 atom stereocenters. The van der Waals surface area contributed by atoms with Crippen molar-refractivity contribution in [1.82, 2.24) is 4.57 Å². The van der Waals surface area contributed by atoms with E-state index in [1.54, 1.807) is 24.3 Å². The second-order valence-electron chi connectivity index (χ2n) is 7.70. The third kappa shape index (κ3) is 2.96. The molecule has 2 heterocycles. The molecule has 33 heavy (non-hydrogen) atoms. The van der Waals surface area contributed by atoms with Crippen LogP contribution in [0.15, 0.2) is 66.4 Å². The zero-order chi connectivity index (χ0) is 23.3. The van der Waals surface area contributed by atoms with E-state index in [-0.39, 0.29) is 5.57 Å². The minimum absolute atomic E-state index is 0.0722. The molecule has 5 rings (SSSR count). The number of aromatic nitrogens is 1. The molecule has 1 aromatic heterocycles. The molecular weight excluding hydrogens is 420 g/mol. The Morgan fingerprint density at radius 2 is 1.55 bits per heavy atom. The average molecular weight is 442 g/mol. The van der Waals surface area contributed by atoms with E-state index < -0.39 is 17.6 Å². The first-order chi connectivity index (χ1) is 16.0. The van der Waals surface area contributed by atoms with Crippen LogP contribution in [-0.2, 0) is 16.1 Å². The number of carbonyl (C=O) groups is 2. The van der Waals surface area contributed by atoms with Crippen LogP contribution in [0.2, 0.25) is 0 Å². The van der Waals surface area contributed by atoms with Gasteiger partial charge in [0, 0.05) is 28.4 Å². The Balaban J connectivity index is 1.61. The lowest BCUT2D eigenvalue weighted by Crippen LogP contribution is -2.31. The molecule has 0 fully saturated rings. The van der Waals surface area contributed by atoms with Crippen molar-refractivity contribution in [3.63, 3.8) is 0 Å². The fourth-order valence-electron chi connectivity index (χ4n) is 4.53. The van der Waals surface area contributed by atoms with Gasteiger partial charge in [-0.05, 0) is 48.9 Å². The molecule has 4 aromatic rings. The van der Waals surface area contributed by atoms with Gasteiger partial charge in [-0.3, -0.25) is 9.59 Å². The lowest BCUT2D eigenvalue weighted by Gasteiger charge is -2.15. The molecule has 0 radical (unpaired) electrons. The second-order valence-corrected chi connectivity index (χ2v) is 7.70. The molecule has 0 bridgehead atoms. The van der Waals surface area contributed by atoms with E-state index in [2.05, 4.69) is 11.5 Å². The standard InChI is InChI=1S/C26H22N2O5/c1-4-27-19-8-6-5-7-17(19)18-14-16(10-11-20(18)27)28-25(30)23(24(29)26(28)31)15-9-12-21(32-2)22(13-15)33-3/h5-14,29H,4H2,1-3H3. The van der Waals surface area contributed by atoms with Gasteiger partial charge in [0.15, 0.2) is 17.3 Å². The zero-order valence-electron chi connectivity index (χ0n) is 18.5. The molecule has 0 saturated carbocycles. The number of nitrogens with zero attached hydrogens (tertiary/aromatic N) is 2. The topological polar surface area (TPSA) is 81.0 Å². The maximum atomic E-state index is 13.4. The summed E-state index contributed by atoms with van der Waals surface area (Å²) >= 11 is 0. The third-order valence-corrected chi connectivity index (χ3v) is 6.06. The minimum atomic E-state index is -0.761. The summed E-state index contributed by atoms with van der Waals surface area (Å²) < 4.78 is 12.7. The molecule has 0 unspecified atom stereocenters. The second kappa shape index (κ2) is 7.70. The Kier molecular flexibility index (Phi) is 4.82. The normalized spacial score (nSPS) is 14.1. The number of hydrogen-bond acceptors (Lipinski definition) is 5. The SMILES string of the molecule is CCn1c2ccccc2c2cc(N3C(=O)C(O)=C(c4ccc(OC)c(OC)c4)C3=O)ccc21. The lowest BCUT2D eigenvalue weighted by atomic mass is 10.0. The molecule has 1 aliphatic heterocycles. The number of aliphatic hydroxyl groups excluding tert-OH is 1. The Hall–Kier alpha value is -4.26. The van der Waals surface area contributed by atoms with Gasteiger partial charge >= 0.3 is 5.91 Å². The van der Waals surface area contributed by atoms with Crippen LogP contribution in [0.25, 0.3) is 27.4 Å². The Morgan fingerprint density at radius 1 is 0.818 bits per heavy atom. The summed E-state index contributed by atoms with van der Waals surface area (Å²) in [6.07, 6.45) is 0. The van der Waals surface area contributed by atoms with E-state index in [9.17, 15) is 14.7 Å². The highest BCUT2D eigenvalue weighted by Crippen LogP contribution is 2.38. The Bertz CT molecular complexity index is 1480. The van der Waals surface area contributed by atoms with Gasteiger partial charge in [-0.2, -0.15) is 0 Å². The predicted octanol–water partition coefficient (Wildman–Crippen LogP) is 4.67. The van der Waals surface area contributed by atoms with Gasteiger partial charge in [-0.1, -0.05) is 24.3 Å². The summed E-state index contributed by atoms with van der Waals surface area (Å²) in [7, 11) is 2.98. The molecular formula is C26H22N2O5. The molecule has 7 heteroatoms. The number of aliphatic hydroxyl groups is 1. The highest BCUT2D eigenvalue weighted by atomic mass is 16.5. The summed E-state index contributed by atoms with van der Waals surface area (Å²) in [5, 5.41) is 12.6. The first kappa shape index (κ1) is 20.6. The number of fused-ring (bicyclic) bond motifs is 3. The summed E-state index contributed by atoms with van der Waals surface area (Å²) in [5.41, 5.74) is 2.79. The number of imide groups is 1. The quantitative estimate of drug-likeness (QED) is 0.454. The van der Waals surface area contributed by atoms with Gasteiger partial charge in [-0.15, -0.1) is 0 Å². The first-order valence-electron chi connectivity index (χ1n) is 10.6. The van der Waals surface area contributed by atoms with Crippen LogP contribution in [0.3, 0.4) is 0 Å². The zero-order valence-corrected chi connectivity index (χ0v) is 18.5. The van der Waals surface area contributed by atoms with Crippen LogP contribution in [0.5, 0.6) is 11.5 Å².